The molecule has 4 aliphatic heterocycles. The lowest BCUT2D eigenvalue weighted by Crippen LogP contribution is -2.48. The number of aliphatic hydroxyl groups excluding tert-OH is 2. The van der Waals surface area contributed by atoms with Gasteiger partial charge in [-0.2, -0.15) is 0 Å². The highest BCUT2D eigenvalue weighted by Crippen LogP contribution is 2.32. The zero-order valence-electron chi connectivity index (χ0n) is 31.7. The number of carbonyl (C=O) groups is 5. The molecule has 0 aromatic carbocycles. The first-order valence-corrected chi connectivity index (χ1v) is 17.7. The lowest BCUT2D eigenvalue weighted by Gasteiger charge is -2.29. The van der Waals surface area contributed by atoms with E-state index in [1.165, 1.54) is 15.9 Å². The number of hydrogen-bond donors (Lipinski definition) is 4. The standard InChI is InChI=1S/C17H29N3O6.C14H24N2O5.C3H5NO/c1-5-18-15(23)19-6-7-25-14-11(8-19)9-20(13(14)12(22)10-21)16(24)26-17(2,3)4;1-14(2,3)21-13(19)16-7-9-6-15-4-5-20-12(9)11(16)10(18)8-17;1-2-4-3-5/h11,13-14,21H,5-10H2,1-4H3,(H,18,23);9,11-12,15,17H,4-8H2,1-3H3;2H2,1H3/t11-,13+,14+;9-,11+,12+;/m00./s1. The average molecular weight is 743 g/mol. The Morgan fingerprint density at radius 2 is 1.33 bits per heavy atom. The summed E-state index contributed by atoms with van der Waals surface area (Å²) in [7, 11) is 0. The van der Waals surface area contributed by atoms with Gasteiger partial charge in [0, 0.05) is 64.2 Å². The molecule has 0 bridgehead atoms. The van der Waals surface area contributed by atoms with Gasteiger partial charge in [0.2, 0.25) is 6.08 Å². The molecule has 0 aliphatic carbocycles. The second kappa shape index (κ2) is 20.5. The van der Waals surface area contributed by atoms with Crippen LogP contribution in [0.2, 0.25) is 0 Å². The van der Waals surface area contributed by atoms with Crippen molar-refractivity contribution in [2.75, 3.05) is 78.8 Å². The number of nitrogens with one attached hydrogen (secondary N) is 2. The fraction of sp³-hybridized carbons (Fsp3) is 0.824. The number of ether oxygens (including phenoxy) is 4. The molecule has 18 nitrogen and oxygen atoms in total. The van der Waals surface area contributed by atoms with Crippen molar-refractivity contribution < 1.29 is 57.9 Å². The average Bonchev–Trinajstić information content (AvgIpc) is 3.42. The molecule has 4 N–H and O–H groups in total. The van der Waals surface area contributed by atoms with Crippen LogP contribution >= 0.6 is 0 Å². The van der Waals surface area contributed by atoms with Gasteiger partial charge in [-0.15, -0.1) is 0 Å². The smallest absolute Gasteiger partial charge is 0.411 e. The van der Waals surface area contributed by atoms with E-state index >= 15 is 0 Å². The van der Waals surface area contributed by atoms with Crippen molar-refractivity contribution in [2.45, 2.75) is 90.9 Å². The third-order valence-electron chi connectivity index (χ3n) is 8.27. The van der Waals surface area contributed by atoms with Crippen molar-refractivity contribution >= 4 is 35.9 Å². The summed E-state index contributed by atoms with van der Waals surface area (Å²) in [5.74, 6) is -1.10. The van der Waals surface area contributed by atoms with Crippen molar-refractivity contribution in [2.24, 2.45) is 16.8 Å². The van der Waals surface area contributed by atoms with Crippen molar-refractivity contribution in [1.82, 2.24) is 25.3 Å². The number of carbonyl (C=O) groups excluding carboxylic acids is 6. The minimum Gasteiger partial charge on any atom is -0.444 e. The molecule has 0 saturated carbocycles. The largest absolute Gasteiger partial charge is 0.444 e. The van der Waals surface area contributed by atoms with Gasteiger partial charge in [0.05, 0.1) is 25.4 Å². The molecule has 18 heteroatoms. The van der Waals surface area contributed by atoms with Crippen LogP contribution in [-0.2, 0) is 33.3 Å². The van der Waals surface area contributed by atoms with Crippen molar-refractivity contribution in [3.63, 3.8) is 0 Å². The topological polar surface area (TPSA) is 226 Å². The molecule has 4 amide bonds. The van der Waals surface area contributed by atoms with Gasteiger partial charge in [0.25, 0.3) is 0 Å². The molecule has 4 fully saturated rings. The van der Waals surface area contributed by atoms with Gasteiger partial charge in [-0.25, -0.2) is 24.2 Å². The summed E-state index contributed by atoms with van der Waals surface area (Å²) in [5.41, 5.74) is -1.34. The van der Waals surface area contributed by atoms with Crippen LogP contribution in [0.25, 0.3) is 0 Å². The lowest BCUT2D eigenvalue weighted by molar-refractivity contribution is -0.130. The Kier molecular flexibility index (Phi) is 17.6. The first-order valence-electron chi connectivity index (χ1n) is 17.7. The van der Waals surface area contributed by atoms with Gasteiger partial charge in [-0.1, -0.05) is 0 Å². The number of fused-ring (bicyclic) bond motifs is 2. The first-order chi connectivity index (χ1) is 24.4. The highest BCUT2D eigenvalue weighted by molar-refractivity contribution is 5.90. The molecule has 0 unspecified atom stereocenters. The highest BCUT2D eigenvalue weighted by atomic mass is 16.6. The van der Waals surface area contributed by atoms with Gasteiger partial charge in [-0.05, 0) is 55.4 Å². The van der Waals surface area contributed by atoms with Crippen LogP contribution in [0.5, 0.6) is 0 Å². The molecule has 52 heavy (non-hydrogen) atoms. The molecule has 6 atom stereocenters. The zero-order chi connectivity index (χ0) is 39.2. The number of aliphatic imine (C=N–C) groups is 1. The number of Topliss-reactive ketones (excluding diaryl/α,β-unsaturated/α-hetero) is 2. The Morgan fingerprint density at radius 3 is 1.77 bits per heavy atom. The second-order valence-corrected chi connectivity index (χ2v) is 14.6. The van der Waals surface area contributed by atoms with Crippen LogP contribution in [0.4, 0.5) is 14.4 Å². The molecular weight excluding hydrogens is 684 g/mol. The third-order valence-corrected chi connectivity index (χ3v) is 8.27. The molecule has 4 aliphatic rings. The third kappa shape index (κ3) is 13.1. The van der Waals surface area contributed by atoms with Gasteiger partial charge in [-0.3, -0.25) is 19.4 Å². The second-order valence-electron chi connectivity index (χ2n) is 14.6. The quantitative estimate of drug-likeness (QED) is 0.213. The van der Waals surface area contributed by atoms with E-state index in [2.05, 4.69) is 15.6 Å². The summed E-state index contributed by atoms with van der Waals surface area (Å²) in [5, 5.41) is 24.5. The van der Waals surface area contributed by atoms with Crippen LogP contribution in [0, 0.1) is 11.8 Å². The zero-order valence-corrected chi connectivity index (χ0v) is 31.7. The number of ketones is 2. The molecule has 4 saturated heterocycles. The van der Waals surface area contributed by atoms with Gasteiger partial charge in [0.15, 0.2) is 11.6 Å². The molecule has 0 spiro atoms. The number of urea groups is 1. The molecule has 4 heterocycles. The van der Waals surface area contributed by atoms with Gasteiger partial charge < -0.3 is 44.7 Å². The predicted molar refractivity (Wildman–Crippen MR) is 186 cm³/mol. The monoisotopic (exact) mass is 742 g/mol. The molecular formula is C34H58N6O12. The SMILES string of the molecule is CC(C)(C)OC(=O)N1C[C@@H]2CNCCO[C@H]2[C@H]1C(=O)CO.CCN=C=O.CCNC(=O)N1CCO[C@@H]2[C@@H](C1)CN(C(=O)OC(C)(C)C)[C@@H]2C(=O)CO. The number of hydrogen-bond acceptors (Lipinski definition) is 14. The summed E-state index contributed by atoms with van der Waals surface area (Å²) in [6.45, 7) is 17.5. The maximum Gasteiger partial charge on any atom is 0.411 e. The maximum absolute atomic E-state index is 12.6. The van der Waals surface area contributed by atoms with E-state index in [1.54, 1.807) is 53.4 Å². The number of nitrogens with zero attached hydrogens (tertiary/aromatic N) is 4. The van der Waals surface area contributed by atoms with Crippen LogP contribution in [0.3, 0.4) is 0 Å². The van der Waals surface area contributed by atoms with Crippen LogP contribution in [0.1, 0.15) is 55.4 Å². The fourth-order valence-electron chi connectivity index (χ4n) is 6.27. The molecule has 4 rings (SSSR count). The first kappa shape index (κ1) is 44.5. The minimum atomic E-state index is -0.908. The summed E-state index contributed by atoms with van der Waals surface area (Å²) in [6.07, 6.45) is -0.714. The highest BCUT2D eigenvalue weighted by Gasteiger charge is 2.51. The van der Waals surface area contributed by atoms with Gasteiger partial charge in [0.1, 0.15) is 36.5 Å². The summed E-state index contributed by atoms with van der Waals surface area (Å²) >= 11 is 0. The van der Waals surface area contributed by atoms with E-state index in [4.69, 9.17) is 23.7 Å². The summed E-state index contributed by atoms with van der Waals surface area (Å²) in [4.78, 5) is 78.0. The number of isocyanates is 1. The van der Waals surface area contributed by atoms with Gasteiger partial charge >= 0.3 is 18.2 Å². The van der Waals surface area contributed by atoms with Crippen LogP contribution in [-0.4, -0.2) is 175 Å². The van der Waals surface area contributed by atoms with E-state index in [0.29, 0.717) is 45.9 Å². The Hall–Kier alpha value is -3.67. The Bertz CT molecular complexity index is 1260. The van der Waals surface area contributed by atoms with E-state index in [-0.39, 0.29) is 37.1 Å². The molecule has 296 valence electrons. The molecule has 0 aromatic rings. The summed E-state index contributed by atoms with van der Waals surface area (Å²) < 4.78 is 22.3. The summed E-state index contributed by atoms with van der Waals surface area (Å²) in [6, 6.07) is -1.87. The Balaban J connectivity index is 0.000000324. The van der Waals surface area contributed by atoms with E-state index in [0.717, 1.165) is 6.54 Å². The minimum absolute atomic E-state index is 0.0283. The number of amides is 4. The lowest BCUT2D eigenvalue weighted by atomic mass is 9.99. The number of likely N-dealkylation sites (tertiary alicyclic amines) is 2. The Morgan fingerprint density at radius 1 is 0.827 bits per heavy atom. The number of rotatable bonds is 6. The van der Waals surface area contributed by atoms with Crippen molar-refractivity contribution in [1.29, 1.82) is 0 Å². The van der Waals surface area contributed by atoms with E-state index in [9.17, 15) is 34.2 Å². The molecule has 0 radical (unpaired) electrons. The van der Waals surface area contributed by atoms with Crippen molar-refractivity contribution in [3.05, 3.63) is 0 Å². The van der Waals surface area contributed by atoms with Crippen molar-refractivity contribution in [3.8, 4) is 0 Å². The van der Waals surface area contributed by atoms with Crippen LogP contribution in [0.15, 0.2) is 4.99 Å². The normalized spacial score (nSPS) is 25.6. The Labute approximate surface area is 305 Å². The molecule has 0 aromatic heterocycles. The maximum atomic E-state index is 12.6. The van der Waals surface area contributed by atoms with Crippen LogP contribution < -0.4 is 10.6 Å². The van der Waals surface area contributed by atoms with E-state index in [1.807, 2.05) is 6.92 Å². The van der Waals surface area contributed by atoms with E-state index < -0.39 is 66.4 Å². The predicted octanol–water partition coefficient (Wildman–Crippen LogP) is 0.327. The fourth-order valence-corrected chi connectivity index (χ4v) is 6.27. The number of aliphatic hydroxyl groups is 2.